The molecule has 3 aromatic rings. The number of nitrogens with zero attached hydrogens (tertiary/aromatic N) is 1. The molecule has 38 heavy (non-hydrogen) atoms. The number of hydrogen-bond acceptors (Lipinski definition) is 2. The number of allylic oxidation sites excluding steroid dienone is 1. The lowest BCUT2D eigenvalue weighted by Crippen LogP contribution is -2.20. The van der Waals surface area contributed by atoms with Crippen LogP contribution in [0.1, 0.15) is 79.7 Å². The fourth-order valence-corrected chi connectivity index (χ4v) is 4.96. The molecule has 0 saturated carbocycles. The molecule has 202 valence electrons. The molecule has 1 fully saturated rings. The monoisotopic (exact) mass is 509 g/mol. The van der Waals surface area contributed by atoms with Gasteiger partial charge in [0.25, 0.3) is 0 Å². The minimum Gasteiger partial charge on any atom is -0.303 e. The van der Waals surface area contributed by atoms with E-state index in [-0.39, 0.29) is 5.78 Å². The molecule has 4 rings (SSSR count). The maximum atomic E-state index is 10.8. The number of benzene rings is 3. The summed E-state index contributed by atoms with van der Waals surface area (Å²) in [5.41, 5.74) is 8.03. The highest BCUT2D eigenvalue weighted by Crippen LogP contribution is 2.19. The van der Waals surface area contributed by atoms with E-state index >= 15 is 0 Å². The molecule has 0 N–H and O–H groups in total. The number of rotatable bonds is 13. The Morgan fingerprint density at radius 3 is 1.87 bits per heavy atom. The average Bonchev–Trinajstić information content (AvgIpc) is 3.45. The van der Waals surface area contributed by atoms with E-state index < -0.39 is 0 Å². The molecule has 0 radical (unpaired) electrons. The van der Waals surface area contributed by atoms with Crippen molar-refractivity contribution in [2.75, 3.05) is 19.6 Å². The SMILES string of the molecule is C=C(CCCCC(C)=O)c1ccc(C)cc1.c1ccc(CCc2ccc(CCCN3CCCC3)cc2)cc1. The Hall–Kier alpha value is -2.97. The van der Waals surface area contributed by atoms with Crippen LogP contribution in [0.5, 0.6) is 0 Å². The molecule has 0 atom stereocenters. The second kappa shape index (κ2) is 16.8. The van der Waals surface area contributed by atoms with Gasteiger partial charge in [0.05, 0.1) is 0 Å². The summed E-state index contributed by atoms with van der Waals surface area (Å²) in [7, 11) is 0. The summed E-state index contributed by atoms with van der Waals surface area (Å²) in [4.78, 5) is 13.4. The predicted molar refractivity (Wildman–Crippen MR) is 164 cm³/mol. The number of carbonyl (C=O) groups is 1. The van der Waals surface area contributed by atoms with Gasteiger partial charge in [-0.2, -0.15) is 0 Å². The molecule has 1 aliphatic rings. The molecule has 3 aromatic carbocycles. The van der Waals surface area contributed by atoms with Crippen molar-refractivity contribution in [3.05, 3.63) is 113 Å². The molecule has 0 aliphatic carbocycles. The van der Waals surface area contributed by atoms with Crippen LogP contribution in [-0.2, 0) is 24.1 Å². The fourth-order valence-electron chi connectivity index (χ4n) is 4.96. The third kappa shape index (κ3) is 11.6. The van der Waals surface area contributed by atoms with E-state index in [2.05, 4.69) is 97.3 Å². The molecule has 2 heteroatoms. The van der Waals surface area contributed by atoms with E-state index in [0.29, 0.717) is 6.42 Å². The average molecular weight is 510 g/mol. The number of hydrogen-bond donors (Lipinski definition) is 0. The molecule has 0 spiro atoms. The highest BCUT2D eigenvalue weighted by molar-refractivity contribution is 5.75. The van der Waals surface area contributed by atoms with Crippen LogP contribution in [-0.4, -0.2) is 30.3 Å². The van der Waals surface area contributed by atoms with Gasteiger partial charge >= 0.3 is 0 Å². The molecule has 2 nitrogen and oxygen atoms in total. The predicted octanol–water partition coefficient (Wildman–Crippen LogP) is 8.66. The van der Waals surface area contributed by atoms with Crippen LogP contribution >= 0.6 is 0 Å². The summed E-state index contributed by atoms with van der Waals surface area (Å²) in [6, 6.07) is 28.5. The standard InChI is InChI=1S/C21H27N.C15H20O/c1-2-7-19(8-3-1)10-13-21-14-11-20(12-15-21)9-6-18-22-16-4-5-17-22;1-12-8-10-15(11-9-12)13(2)6-4-5-7-14(3)16/h1-3,7-8,11-12,14-15H,4-6,9-10,13,16-18H2;8-11H,2,4-7H2,1,3H3. The lowest BCUT2D eigenvalue weighted by molar-refractivity contribution is -0.117. The molecular formula is C36H47NO. The Morgan fingerprint density at radius 2 is 1.26 bits per heavy atom. The Morgan fingerprint density at radius 1 is 0.711 bits per heavy atom. The molecule has 1 heterocycles. The highest BCUT2D eigenvalue weighted by atomic mass is 16.1. The summed E-state index contributed by atoms with van der Waals surface area (Å²) in [5.74, 6) is 0.279. The van der Waals surface area contributed by atoms with Crippen molar-refractivity contribution in [2.45, 2.75) is 78.1 Å². The van der Waals surface area contributed by atoms with Crippen LogP contribution in [0.15, 0.2) is 85.4 Å². The van der Waals surface area contributed by atoms with Crippen molar-refractivity contribution in [1.82, 2.24) is 4.90 Å². The largest absolute Gasteiger partial charge is 0.303 e. The molecule has 0 aromatic heterocycles. The van der Waals surface area contributed by atoms with Gasteiger partial charge in [0.1, 0.15) is 5.78 Å². The van der Waals surface area contributed by atoms with Gasteiger partial charge in [0.2, 0.25) is 0 Å². The molecule has 1 saturated heterocycles. The topological polar surface area (TPSA) is 20.3 Å². The van der Waals surface area contributed by atoms with Gasteiger partial charge in [-0.3, -0.25) is 0 Å². The quantitative estimate of drug-likeness (QED) is 0.215. The van der Waals surface area contributed by atoms with E-state index in [1.165, 1.54) is 78.7 Å². The lowest BCUT2D eigenvalue weighted by atomic mass is 10.00. The van der Waals surface area contributed by atoms with Gasteiger partial charge in [-0.05, 0) is 119 Å². The third-order valence-corrected chi connectivity index (χ3v) is 7.42. The van der Waals surface area contributed by atoms with Crippen molar-refractivity contribution < 1.29 is 4.79 Å². The van der Waals surface area contributed by atoms with Crippen molar-refractivity contribution >= 4 is 11.4 Å². The van der Waals surface area contributed by atoms with Crippen LogP contribution in [0.3, 0.4) is 0 Å². The molecule has 0 amide bonds. The number of likely N-dealkylation sites (tertiary alicyclic amines) is 1. The van der Waals surface area contributed by atoms with E-state index in [1.54, 1.807) is 6.92 Å². The van der Waals surface area contributed by atoms with E-state index in [0.717, 1.165) is 32.1 Å². The van der Waals surface area contributed by atoms with Crippen molar-refractivity contribution in [3.63, 3.8) is 0 Å². The van der Waals surface area contributed by atoms with Gasteiger partial charge in [0, 0.05) is 6.42 Å². The number of carbonyl (C=O) groups excluding carboxylic acids is 1. The first-order chi connectivity index (χ1) is 18.5. The van der Waals surface area contributed by atoms with E-state index in [9.17, 15) is 4.79 Å². The zero-order chi connectivity index (χ0) is 27.0. The number of aryl methyl sites for hydroxylation is 4. The first-order valence-corrected chi connectivity index (χ1v) is 14.6. The fraction of sp³-hybridized carbons (Fsp3) is 0.417. The number of unbranched alkanes of at least 4 members (excludes halogenated alkanes) is 1. The zero-order valence-electron chi connectivity index (χ0n) is 23.8. The summed E-state index contributed by atoms with van der Waals surface area (Å²) in [6.45, 7) is 11.7. The van der Waals surface area contributed by atoms with Crippen LogP contribution in [0.2, 0.25) is 0 Å². The molecular weight excluding hydrogens is 462 g/mol. The Balaban J connectivity index is 0.000000223. The Bertz CT molecular complexity index is 1080. The van der Waals surface area contributed by atoms with Crippen LogP contribution in [0.25, 0.3) is 5.57 Å². The summed E-state index contributed by atoms with van der Waals surface area (Å²) in [6.07, 6.45) is 11.3. The molecule has 0 unspecified atom stereocenters. The summed E-state index contributed by atoms with van der Waals surface area (Å²) in [5, 5.41) is 0. The zero-order valence-corrected chi connectivity index (χ0v) is 23.8. The Kier molecular flexibility index (Phi) is 13.1. The van der Waals surface area contributed by atoms with Crippen LogP contribution in [0.4, 0.5) is 0 Å². The number of Topliss-reactive ketones (excluding diaryl/α,β-unsaturated/α-hetero) is 1. The first kappa shape index (κ1) is 29.6. The first-order valence-electron chi connectivity index (χ1n) is 14.6. The normalized spacial score (nSPS) is 13.1. The van der Waals surface area contributed by atoms with Gasteiger partial charge in [-0.15, -0.1) is 0 Å². The van der Waals surface area contributed by atoms with Crippen molar-refractivity contribution in [1.29, 1.82) is 0 Å². The lowest BCUT2D eigenvalue weighted by Gasteiger charge is -2.14. The summed E-state index contributed by atoms with van der Waals surface area (Å²) >= 11 is 0. The van der Waals surface area contributed by atoms with Gasteiger partial charge < -0.3 is 9.69 Å². The maximum absolute atomic E-state index is 10.8. The number of ketones is 1. The smallest absolute Gasteiger partial charge is 0.129 e. The van der Waals surface area contributed by atoms with E-state index in [1.807, 2.05) is 0 Å². The van der Waals surface area contributed by atoms with Crippen LogP contribution < -0.4 is 0 Å². The highest BCUT2D eigenvalue weighted by Gasteiger charge is 2.10. The minimum absolute atomic E-state index is 0.279. The van der Waals surface area contributed by atoms with Crippen molar-refractivity contribution in [3.8, 4) is 0 Å². The third-order valence-electron chi connectivity index (χ3n) is 7.42. The second-order valence-corrected chi connectivity index (χ2v) is 10.8. The Labute approximate surface area is 231 Å². The van der Waals surface area contributed by atoms with Crippen LogP contribution in [0, 0.1) is 6.92 Å². The van der Waals surface area contributed by atoms with Crippen molar-refractivity contribution in [2.24, 2.45) is 0 Å². The summed E-state index contributed by atoms with van der Waals surface area (Å²) < 4.78 is 0. The van der Waals surface area contributed by atoms with Gasteiger partial charge in [-0.1, -0.05) is 91.0 Å². The second-order valence-electron chi connectivity index (χ2n) is 10.8. The maximum Gasteiger partial charge on any atom is 0.129 e. The molecule has 1 aliphatic heterocycles. The van der Waals surface area contributed by atoms with Gasteiger partial charge in [0.15, 0.2) is 0 Å². The van der Waals surface area contributed by atoms with E-state index in [4.69, 9.17) is 0 Å². The minimum atomic E-state index is 0.279. The van der Waals surface area contributed by atoms with Gasteiger partial charge in [-0.25, -0.2) is 0 Å². The molecule has 0 bridgehead atoms.